The van der Waals surface area contributed by atoms with E-state index in [1.807, 2.05) is 54.6 Å². The lowest BCUT2D eigenvalue weighted by atomic mass is 9.73. The average Bonchev–Trinajstić information content (AvgIpc) is 2.62. The zero-order valence-electron chi connectivity index (χ0n) is 15.2. The predicted molar refractivity (Wildman–Crippen MR) is 106 cm³/mol. The van der Waals surface area contributed by atoms with E-state index < -0.39 is 5.41 Å². The van der Waals surface area contributed by atoms with E-state index in [-0.39, 0.29) is 11.8 Å². The number of likely N-dealkylation sites (tertiary alicyclic amines) is 1. The molecule has 2 aromatic rings. The molecule has 0 bridgehead atoms. The summed E-state index contributed by atoms with van der Waals surface area (Å²) in [5, 5.41) is 3.87. The molecule has 0 radical (unpaired) electrons. The molecule has 2 aromatic carbocycles. The molecule has 0 atom stereocenters. The summed E-state index contributed by atoms with van der Waals surface area (Å²) in [6, 6.07) is 17.1. The number of hydrogen-bond donors (Lipinski definition) is 1. The van der Waals surface area contributed by atoms with Crippen LogP contribution in [0.2, 0.25) is 5.02 Å². The molecule has 1 heterocycles. The smallest absolute Gasteiger partial charge is 0.253 e. The molecule has 0 aromatic heterocycles. The average molecular weight is 383 g/mol. The van der Waals surface area contributed by atoms with Crippen molar-refractivity contribution in [3.05, 3.63) is 70.7 Å². The standard InChI is InChI=1S/C22H23ClN2O2/c23-18-11-9-16(10-12-18)13-22(21(27)24-19-7-4-8-19)14-25(15-22)20(26)17-5-2-1-3-6-17/h1-3,5-6,9-12,19H,4,7-8,13-15H2,(H,24,27). The van der Waals surface area contributed by atoms with Crippen molar-refractivity contribution < 1.29 is 9.59 Å². The number of benzene rings is 2. The number of nitrogens with one attached hydrogen (secondary N) is 1. The summed E-state index contributed by atoms with van der Waals surface area (Å²) in [4.78, 5) is 27.5. The fourth-order valence-corrected chi connectivity index (χ4v) is 3.94. The molecule has 2 fully saturated rings. The molecule has 1 saturated heterocycles. The van der Waals surface area contributed by atoms with E-state index in [4.69, 9.17) is 11.6 Å². The molecule has 5 heteroatoms. The fourth-order valence-electron chi connectivity index (χ4n) is 3.81. The van der Waals surface area contributed by atoms with Crippen molar-refractivity contribution in [3.8, 4) is 0 Å². The number of halogens is 1. The van der Waals surface area contributed by atoms with Crippen LogP contribution in [0.25, 0.3) is 0 Å². The normalized spacial score (nSPS) is 18.3. The molecular formula is C22H23ClN2O2. The largest absolute Gasteiger partial charge is 0.353 e. The molecule has 1 N–H and O–H groups in total. The van der Waals surface area contributed by atoms with Crippen LogP contribution in [0.15, 0.2) is 54.6 Å². The molecule has 4 nitrogen and oxygen atoms in total. The van der Waals surface area contributed by atoms with Crippen LogP contribution < -0.4 is 5.32 Å². The molecular weight excluding hydrogens is 360 g/mol. The van der Waals surface area contributed by atoms with Gasteiger partial charge in [-0.3, -0.25) is 9.59 Å². The molecule has 4 rings (SSSR count). The van der Waals surface area contributed by atoms with Gasteiger partial charge < -0.3 is 10.2 Å². The van der Waals surface area contributed by atoms with Crippen LogP contribution in [-0.2, 0) is 11.2 Å². The van der Waals surface area contributed by atoms with Crippen LogP contribution in [0.3, 0.4) is 0 Å². The van der Waals surface area contributed by atoms with E-state index in [0.717, 1.165) is 18.4 Å². The highest BCUT2D eigenvalue weighted by Gasteiger charge is 2.51. The lowest BCUT2D eigenvalue weighted by Gasteiger charge is -2.50. The van der Waals surface area contributed by atoms with E-state index in [9.17, 15) is 9.59 Å². The maximum atomic E-state index is 13.1. The Kier molecular flexibility index (Phi) is 4.92. The van der Waals surface area contributed by atoms with Crippen molar-refractivity contribution in [2.24, 2.45) is 5.41 Å². The Hall–Kier alpha value is -2.33. The summed E-state index contributed by atoms with van der Waals surface area (Å²) in [7, 11) is 0. The van der Waals surface area contributed by atoms with E-state index in [1.165, 1.54) is 6.42 Å². The first-order chi connectivity index (χ1) is 13.1. The SMILES string of the molecule is O=C(c1ccccc1)N1CC(Cc2ccc(Cl)cc2)(C(=O)NC2CCC2)C1. The van der Waals surface area contributed by atoms with Crippen LogP contribution in [0.1, 0.15) is 35.2 Å². The highest BCUT2D eigenvalue weighted by atomic mass is 35.5. The maximum absolute atomic E-state index is 13.1. The molecule has 140 valence electrons. The van der Waals surface area contributed by atoms with E-state index in [1.54, 1.807) is 4.90 Å². The van der Waals surface area contributed by atoms with Gasteiger partial charge in [0, 0.05) is 29.7 Å². The van der Waals surface area contributed by atoms with Crippen molar-refractivity contribution in [1.82, 2.24) is 10.2 Å². The van der Waals surface area contributed by atoms with Gasteiger partial charge in [-0.15, -0.1) is 0 Å². The van der Waals surface area contributed by atoms with E-state index >= 15 is 0 Å². The third kappa shape index (κ3) is 3.72. The molecule has 1 aliphatic heterocycles. The van der Waals surface area contributed by atoms with Gasteiger partial charge in [-0.25, -0.2) is 0 Å². The summed E-state index contributed by atoms with van der Waals surface area (Å²) in [5.74, 6) is 0.0537. The van der Waals surface area contributed by atoms with Crippen LogP contribution in [0, 0.1) is 5.41 Å². The van der Waals surface area contributed by atoms with Crippen molar-refractivity contribution in [2.75, 3.05) is 13.1 Å². The second-order valence-corrected chi connectivity index (χ2v) is 8.15. The highest BCUT2D eigenvalue weighted by molar-refractivity contribution is 6.30. The zero-order valence-corrected chi connectivity index (χ0v) is 15.9. The number of hydrogen-bond acceptors (Lipinski definition) is 2. The molecule has 1 saturated carbocycles. The van der Waals surface area contributed by atoms with Crippen LogP contribution >= 0.6 is 11.6 Å². The van der Waals surface area contributed by atoms with Gasteiger partial charge in [0.05, 0.1) is 5.41 Å². The Morgan fingerprint density at radius 1 is 1.04 bits per heavy atom. The fraction of sp³-hybridized carbons (Fsp3) is 0.364. The van der Waals surface area contributed by atoms with E-state index in [0.29, 0.717) is 36.1 Å². The molecule has 2 amide bonds. The second-order valence-electron chi connectivity index (χ2n) is 7.71. The molecule has 2 aliphatic rings. The van der Waals surface area contributed by atoms with E-state index in [2.05, 4.69) is 5.32 Å². The molecule has 0 unspecified atom stereocenters. The Morgan fingerprint density at radius 3 is 2.30 bits per heavy atom. The number of carbonyl (C=O) groups excluding carboxylic acids is 2. The minimum Gasteiger partial charge on any atom is -0.353 e. The minimum atomic E-state index is -0.562. The lowest BCUT2D eigenvalue weighted by Crippen LogP contribution is -2.66. The van der Waals surface area contributed by atoms with Crippen LogP contribution in [0.5, 0.6) is 0 Å². The van der Waals surface area contributed by atoms with Crippen LogP contribution in [-0.4, -0.2) is 35.8 Å². The molecule has 0 spiro atoms. The summed E-state index contributed by atoms with van der Waals surface area (Å²) in [6.07, 6.45) is 3.89. The Balaban J connectivity index is 1.50. The first-order valence-corrected chi connectivity index (χ1v) is 9.83. The summed E-state index contributed by atoms with van der Waals surface area (Å²) in [6.45, 7) is 0.893. The predicted octanol–water partition coefficient (Wildman–Crippen LogP) is 3.69. The minimum absolute atomic E-state index is 0.0150. The van der Waals surface area contributed by atoms with Crippen molar-refractivity contribution in [3.63, 3.8) is 0 Å². The number of carbonyl (C=O) groups is 2. The first-order valence-electron chi connectivity index (χ1n) is 9.45. The van der Waals surface area contributed by atoms with Gasteiger partial charge in [0.15, 0.2) is 0 Å². The second kappa shape index (κ2) is 7.35. The Bertz CT molecular complexity index is 825. The molecule has 27 heavy (non-hydrogen) atoms. The van der Waals surface area contributed by atoms with Crippen molar-refractivity contribution >= 4 is 23.4 Å². The third-order valence-corrected chi connectivity index (χ3v) is 5.92. The third-order valence-electron chi connectivity index (χ3n) is 5.67. The Morgan fingerprint density at radius 2 is 1.70 bits per heavy atom. The summed E-state index contributed by atoms with van der Waals surface area (Å²) < 4.78 is 0. The number of nitrogens with zero attached hydrogens (tertiary/aromatic N) is 1. The lowest BCUT2D eigenvalue weighted by molar-refractivity contribution is -0.140. The Labute approximate surface area is 164 Å². The molecule has 1 aliphatic carbocycles. The van der Waals surface area contributed by atoms with Gasteiger partial charge in [0.25, 0.3) is 5.91 Å². The summed E-state index contributed by atoms with van der Waals surface area (Å²) >= 11 is 5.99. The van der Waals surface area contributed by atoms with Crippen molar-refractivity contribution in [1.29, 1.82) is 0 Å². The van der Waals surface area contributed by atoms with Crippen LogP contribution in [0.4, 0.5) is 0 Å². The van der Waals surface area contributed by atoms with Gasteiger partial charge in [-0.1, -0.05) is 41.9 Å². The topological polar surface area (TPSA) is 49.4 Å². The van der Waals surface area contributed by atoms with Gasteiger partial charge >= 0.3 is 0 Å². The van der Waals surface area contributed by atoms with Gasteiger partial charge in [-0.05, 0) is 55.5 Å². The highest BCUT2D eigenvalue weighted by Crippen LogP contribution is 2.36. The zero-order chi connectivity index (χ0) is 18.9. The van der Waals surface area contributed by atoms with Gasteiger partial charge in [0.2, 0.25) is 5.91 Å². The monoisotopic (exact) mass is 382 g/mol. The number of rotatable bonds is 5. The summed E-state index contributed by atoms with van der Waals surface area (Å²) in [5.41, 5.74) is 1.17. The first kappa shape index (κ1) is 18.1. The maximum Gasteiger partial charge on any atom is 0.253 e. The quantitative estimate of drug-likeness (QED) is 0.857. The van der Waals surface area contributed by atoms with Crippen molar-refractivity contribution in [2.45, 2.75) is 31.7 Å². The number of amides is 2. The van der Waals surface area contributed by atoms with Gasteiger partial charge in [-0.2, -0.15) is 0 Å². The van der Waals surface area contributed by atoms with Gasteiger partial charge in [0.1, 0.15) is 0 Å².